The van der Waals surface area contributed by atoms with Crippen LogP contribution in [0.25, 0.3) is 0 Å². The maximum atomic E-state index is 6.32. The third kappa shape index (κ3) is 2.22. The van der Waals surface area contributed by atoms with Gasteiger partial charge in [0, 0.05) is 6.04 Å². The zero-order chi connectivity index (χ0) is 11.5. The molecule has 1 aliphatic carbocycles. The molecule has 1 saturated carbocycles. The molecule has 1 aromatic carbocycles. The van der Waals surface area contributed by atoms with Gasteiger partial charge in [-0.15, -0.1) is 0 Å². The van der Waals surface area contributed by atoms with Crippen LogP contribution in [0.3, 0.4) is 0 Å². The molecule has 0 aliphatic heterocycles. The van der Waals surface area contributed by atoms with Crippen LogP contribution in [0.4, 0.5) is 0 Å². The Morgan fingerprint density at radius 2 is 2.00 bits per heavy atom. The third-order valence-electron chi connectivity index (χ3n) is 3.71. The molecule has 1 aromatic rings. The molecule has 1 fully saturated rings. The minimum atomic E-state index is 0.201. The lowest BCUT2D eigenvalue weighted by Gasteiger charge is -2.20. The van der Waals surface area contributed by atoms with Crippen molar-refractivity contribution in [3.05, 3.63) is 29.3 Å². The molecular weight excluding hydrogens is 198 g/mol. The maximum absolute atomic E-state index is 6.32. The monoisotopic (exact) mass is 219 g/mol. The Balaban J connectivity index is 2.16. The van der Waals surface area contributed by atoms with Crippen LogP contribution in [0.1, 0.15) is 42.9 Å². The SMILES string of the molecule is COc1ccc([C@@H](N)C2CCCC2)cc1C. The van der Waals surface area contributed by atoms with Crippen LogP contribution in [-0.2, 0) is 0 Å². The van der Waals surface area contributed by atoms with Crippen LogP contribution >= 0.6 is 0 Å². The molecule has 0 heterocycles. The van der Waals surface area contributed by atoms with E-state index in [2.05, 4.69) is 19.1 Å². The second-order valence-electron chi connectivity index (χ2n) is 4.80. The first-order valence-electron chi connectivity index (χ1n) is 6.12. The fraction of sp³-hybridized carbons (Fsp3) is 0.571. The number of hydrogen-bond donors (Lipinski definition) is 1. The summed E-state index contributed by atoms with van der Waals surface area (Å²) in [5.74, 6) is 1.62. The highest BCUT2D eigenvalue weighted by Crippen LogP contribution is 2.35. The van der Waals surface area contributed by atoms with Gasteiger partial charge in [0.25, 0.3) is 0 Å². The minimum absolute atomic E-state index is 0.201. The normalized spacial score (nSPS) is 18.7. The summed E-state index contributed by atoms with van der Waals surface area (Å²) in [7, 11) is 1.71. The first-order valence-corrected chi connectivity index (χ1v) is 6.12. The summed E-state index contributed by atoms with van der Waals surface area (Å²) in [6, 6.07) is 6.50. The highest BCUT2D eigenvalue weighted by Gasteiger charge is 2.23. The van der Waals surface area contributed by atoms with Gasteiger partial charge in [0.2, 0.25) is 0 Å². The van der Waals surface area contributed by atoms with Crippen molar-refractivity contribution in [3.8, 4) is 5.75 Å². The average Bonchev–Trinajstić information content (AvgIpc) is 2.81. The van der Waals surface area contributed by atoms with Crippen LogP contribution in [-0.4, -0.2) is 7.11 Å². The number of benzene rings is 1. The molecule has 0 radical (unpaired) electrons. The number of methoxy groups -OCH3 is 1. The molecule has 0 unspecified atom stereocenters. The van der Waals surface area contributed by atoms with Crippen molar-refractivity contribution in [2.24, 2.45) is 11.7 Å². The van der Waals surface area contributed by atoms with E-state index in [4.69, 9.17) is 10.5 Å². The van der Waals surface area contributed by atoms with Gasteiger partial charge in [-0.05, 0) is 42.9 Å². The van der Waals surface area contributed by atoms with E-state index in [9.17, 15) is 0 Å². The summed E-state index contributed by atoms with van der Waals surface area (Å²) in [6.45, 7) is 2.07. The van der Waals surface area contributed by atoms with E-state index in [0.29, 0.717) is 5.92 Å². The molecule has 0 saturated heterocycles. The number of aryl methyl sites for hydroxylation is 1. The Hall–Kier alpha value is -1.02. The van der Waals surface area contributed by atoms with Gasteiger partial charge >= 0.3 is 0 Å². The molecule has 16 heavy (non-hydrogen) atoms. The van der Waals surface area contributed by atoms with Gasteiger partial charge in [-0.2, -0.15) is 0 Å². The second-order valence-corrected chi connectivity index (χ2v) is 4.80. The third-order valence-corrected chi connectivity index (χ3v) is 3.71. The van der Waals surface area contributed by atoms with E-state index in [1.54, 1.807) is 7.11 Å². The van der Waals surface area contributed by atoms with Gasteiger partial charge in [-0.1, -0.05) is 25.0 Å². The lowest BCUT2D eigenvalue weighted by atomic mass is 9.91. The van der Waals surface area contributed by atoms with E-state index in [-0.39, 0.29) is 6.04 Å². The van der Waals surface area contributed by atoms with Crippen LogP contribution in [0.2, 0.25) is 0 Å². The number of rotatable bonds is 3. The molecule has 2 nitrogen and oxygen atoms in total. The Bertz CT molecular complexity index is 356. The lowest BCUT2D eigenvalue weighted by Crippen LogP contribution is -2.19. The Morgan fingerprint density at radius 1 is 1.31 bits per heavy atom. The van der Waals surface area contributed by atoms with E-state index in [0.717, 1.165) is 5.75 Å². The molecule has 1 aliphatic rings. The molecule has 0 spiro atoms. The highest BCUT2D eigenvalue weighted by atomic mass is 16.5. The van der Waals surface area contributed by atoms with E-state index >= 15 is 0 Å². The number of nitrogens with two attached hydrogens (primary N) is 1. The van der Waals surface area contributed by atoms with Gasteiger partial charge < -0.3 is 10.5 Å². The summed E-state index contributed by atoms with van der Waals surface area (Å²) in [5.41, 5.74) is 8.75. The van der Waals surface area contributed by atoms with Gasteiger partial charge in [0.05, 0.1) is 7.11 Å². The summed E-state index contributed by atoms with van der Waals surface area (Å²) in [4.78, 5) is 0. The molecule has 2 heteroatoms. The van der Waals surface area contributed by atoms with Crippen molar-refractivity contribution in [1.82, 2.24) is 0 Å². The molecule has 2 rings (SSSR count). The van der Waals surface area contributed by atoms with Gasteiger partial charge in [-0.3, -0.25) is 0 Å². The fourth-order valence-corrected chi connectivity index (χ4v) is 2.70. The Labute approximate surface area is 97.8 Å². The fourth-order valence-electron chi connectivity index (χ4n) is 2.70. The van der Waals surface area contributed by atoms with Gasteiger partial charge in [0.1, 0.15) is 5.75 Å². The van der Waals surface area contributed by atoms with Crippen LogP contribution in [0.5, 0.6) is 5.75 Å². The minimum Gasteiger partial charge on any atom is -0.496 e. The Kier molecular flexibility index (Phi) is 3.49. The van der Waals surface area contributed by atoms with Crippen molar-refractivity contribution < 1.29 is 4.74 Å². The summed E-state index contributed by atoms with van der Waals surface area (Å²) in [6.07, 6.45) is 5.25. The van der Waals surface area contributed by atoms with Gasteiger partial charge in [-0.25, -0.2) is 0 Å². The van der Waals surface area contributed by atoms with Crippen molar-refractivity contribution >= 4 is 0 Å². The largest absolute Gasteiger partial charge is 0.496 e. The maximum Gasteiger partial charge on any atom is 0.121 e. The van der Waals surface area contributed by atoms with E-state index in [1.165, 1.54) is 36.8 Å². The van der Waals surface area contributed by atoms with Gasteiger partial charge in [0.15, 0.2) is 0 Å². The average molecular weight is 219 g/mol. The van der Waals surface area contributed by atoms with Crippen molar-refractivity contribution in [2.75, 3.05) is 7.11 Å². The number of hydrogen-bond acceptors (Lipinski definition) is 2. The predicted molar refractivity (Wildman–Crippen MR) is 66.6 cm³/mol. The van der Waals surface area contributed by atoms with Crippen molar-refractivity contribution in [2.45, 2.75) is 38.6 Å². The molecule has 88 valence electrons. The van der Waals surface area contributed by atoms with E-state index < -0.39 is 0 Å². The van der Waals surface area contributed by atoms with Crippen LogP contribution < -0.4 is 10.5 Å². The highest BCUT2D eigenvalue weighted by molar-refractivity contribution is 5.37. The standard InChI is InChI=1S/C14H21NO/c1-10-9-12(7-8-13(10)16-2)14(15)11-5-3-4-6-11/h7-9,11,14H,3-6,15H2,1-2H3/t14-/m0/s1. The molecule has 0 aromatic heterocycles. The lowest BCUT2D eigenvalue weighted by molar-refractivity contribution is 0.409. The number of ether oxygens (including phenoxy) is 1. The van der Waals surface area contributed by atoms with Crippen molar-refractivity contribution in [3.63, 3.8) is 0 Å². The topological polar surface area (TPSA) is 35.2 Å². The van der Waals surface area contributed by atoms with Crippen LogP contribution in [0.15, 0.2) is 18.2 Å². The zero-order valence-corrected chi connectivity index (χ0v) is 10.2. The first-order chi connectivity index (χ1) is 7.72. The zero-order valence-electron chi connectivity index (χ0n) is 10.2. The molecule has 1 atom stereocenters. The Morgan fingerprint density at radius 3 is 2.56 bits per heavy atom. The molecule has 2 N–H and O–H groups in total. The summed E-state index contributed by atoms with van der Waals surface area (Å²) >= 11 is 0. The molecule has 0 amide bonds. The van der Waals surface area contributed by atoms with E-state index in [1.807, 2.05) is 6.07 Å². The smallest absolute Gasteiger partial charge is 0.121 e. The summed E-state index contributed by atoms with van der Waals surface area (Å²) < 4.78 is 5.26. The first kappa shape index (κ1) is 11.5. The second kappa shape index (κ2) is 4.88. The quantitative estimate of drug-likeness (QED) is 0.847. The summed E-state index contributed by atoms with van der Waals surface area (Å²) in [5, 5.41) is 0. The van der Waals surface area contributed by atoms with Crippen molar-refractivity contribution in [1.29, 1.82) is 0 Å². The predicted octanol–water partition coefficient (Wildman–Crippen LogP) is 3.19. The molecular formula is C14H21NO. The molecule has 0 bridgehead atoms. The van der Waals surface area contributed by atoms with Crippen LogP contribution in [0, 0.1) is 12.8 Å².